The third kappa shape index (κ3) is 3.08. The number of phenols is 1. The van der Waals surface area contributed by atoms with Gasteiger partial charge in [0.2, 0.25) is 0 Å². The van der Waals surface area contributed by atoms with Crippen molar-refractivity contribution in [2.24, 2.45) is 11.8 Å². The number of nitrogens with zero attached hydrogens (tertiary/aromatic N) is 1. The molecule has 7 rings (SSSR count). The number of rotatable bonds is 7. The minimum atomic E-state index is -0.891. The summed E-state index contributed by atoms with van der Waals surface area (Å²) in [6.07, 6.45) is 9.28. The van der Waals surface area contributed by atoms with Crippen LogP contribution in [0.1, 0.15) is 68.6 Å². The van der Waals surface area contributed by atoms with Crippen LogP contribution in [0.15, 0.2) is 36.4 Å². The molecule has 1 saturated heterocycles. The first kappa shape index (κ1) is 22.7. The first-order valence-electron chi connectivity index (χ1n) is 14.0. The minimum absolute atomic E-state index is 0.124. The van der Waals surface area contributed by atoms with Crippen LogP contribution >= 0.6 is 0 Å². The summed E-state index contributed by atoms with van der Waals surface area (Å²) in [6, 6.07) is 12.7. The predicted octanol–water partition coefficient (Wildman–Crippen LogP) is 5.20. The Bertz CT molecular complexity index is 1190. The second kappa shape index (κ2) is 8.24. The Kier molecular flexibility index (Phi) is 5.18. The van der Waals surface area contributed by atoms with E-state index >= 15 is 0 Å². The van der Waals surface area contributed by atoms with Gasteiger partial charge < -0.3 is 14.6 Å². The Hall–Kier alpha value is -2.53. The van der Waals surface area contributed by atoms with Crippen LogP contribution in [0.25, 0.3) is 0 Å². The van der Waals surface area contributed by atoms with Crippen molar-refractivity contribution in [2.75, 3.05) is 19.7 Å². The van der Waals surface area contributed by atoms with Gasteiger partial charge in [-0.3, -0.25) is 9.69 Å². The molecule has 0 unspecified atom stereocenters. The van der Waals surface area contributed by atoms with Crippen molar-refractivity contribution in [3.8, 4) is 17.2 Å². The number of carbonyl (C=O) groups excluding carboxylic acids is 1. The average Bonchev–Trinajstić information content (AvgIpc) is 3.13. The maximum atomic E-state index is 13.4. The number of Topliss-reactive ketones (excluding diaryl/α,β-unsaturated/α-hetero) is 1. The van der Waals surface area contributed by atoms with Gasteiger partial charge in [0.05, 0.1) is 12.0 Å². The maximum Gasteiger partial charge on any atom is 0.177 e. The molecular formula is C31H37NO4. The van der Waals surface area contributed by atoms with Gasteiger partial charge in [-0.2, -0.15) is 0 Å². The summed E-state index contributed by atoms with van der Waals surface area (Å²) in [7, 11) is 0. The molecule has 2 saturated carbocycles. The van der Waals surface area contributed by atoms with Crippen molar-refractivity contribution >= 4 is 5.78 Å². The van der Waals surface area contributed by atoms with Gasteiger partial charge in [0.1, 0.15) is 5.75 Å². The molecular weight excluding hydrogens is 450 g/mol. The second-order valence-electron chi connectivity index (χ2n) is 12.0. The summed E-state index contributed by atoms with van der Waals surface area (Å²) in [5.74, 6) is 2.86. The molecule has 190 valence electrons. The van der Waals surface area contributed by atoms with Gasteiger partial charge in [0.15, 0.2) is 22.9 Å². The fourth-order valence-corrected chi connectivity index (χ4v) is 8.35. The van der Waals surface area contributed by atoms with Crippen LogP contribution in [-0.4, -0.2) is 47.1 Å². The van der Waals surface area contributed by atoms with Crippen molar-refractivity contribution in [2.45, 2.75) is 81.8 Å². The third-order valence-corrected chi connectivity index (χ3v) is 10.3. The first-order chi connectivity index (χ1) is 17.5. The Labute approximate surface area is 213 Å². The van der Waals surface area contributed by atoms with Crippen LogP contribution in [0.3, 0.4) is 0 Å². The molecule has 1 N–H and O–H groups in total. The van der Waals surface area contributed by atoms with Crippen LogP contribution in [0.4, 0.5) is 0 Å². The summed E-state index contributed by atoms with van der Waals surface area (Å²) in [6.45, 7) is 4.79. The van der Waals surface area contributed by atoms with Gasteiger partial charge >= 0.3 is 0 Å². The van der Waals surface area contributed by atoms with Gasteiger partial charge in [-0.1, -0.05) is 36.8 Å². The van der Waals surface area contributed by atoms with Gasteiger partial charge in [0.25, 0.3) is 0 Å². The van der Waals surface area contributed by atoms with E-state index in [1.54, 1.807) is 6.07 Å². The molecule has 1 spiro atoms. The fraction of sp³-hybridized carbons (Fsp3) is 0.581. The van der Waals surface area contributed by atoms with Crippen molar-refractivity contribution in [1.29, 1.82) is 0 Å². The first-order valence-corrected chi connectivity index (χ1v) is 14.0. The lowest BCUT2D eigenvalue weighted by Crippen LogP contribution is -2.71. The van der Waals surface area contributed by atoms with E-state index < -0.39 is 5.60 Å². The van der Waals surface area contributed by atoms with E-state index in [1.165, 1.54) is 36.9 Å². The molecule has 0 radical (unpaired) electrons. The summed E-state index contributed by atoms with van der Waals surface area (Å²) < 4.78 is 12.9. The van der Waals surface area contributed by atoms with E-state index in [0.717, 1.165) is 55.9 Å². The van der Waals surface area contributed by atoms with E-state index in [-0.39, 0.29) is 16.9 Å². The lowest BCUT2D eigenvalue weighted by molar-refractivity contribution is -0.155. The van der Waals surface area contributed by atoms with Gasteiger partial charge in [0, 0.05) is 36.2 Å². The van der Waals surface area contributed by atoms with Gasteiger partial charge in [-0.25, -0.2) is 0 Å². The number of ether oxygens (including phenoxy) is 2. The third-order valence-electron chi connectivity index (χ3n) is 10.3. The number of phenolic OH excluding ortho intramolecular Hbond substituents is 1. The summed E-state index contributed by atoms with van der Waals surface area (Å²) in [4.78, 5) is 16.2. The number of carbonyl (C=O) groups is 1. The molecule has 5 aliphatic rings. The van der Waals surface area contributed by atoms with Crippen LogP contribution < -0.4 is 9.47 Å². The van der Waals surface area contributed by atoms with Crippen molar-refractivity contribution in [1.82, 2.24) is 4.90 Å². The topological polar surface area (TPSA) is 59.0 Å². The number of aromatic hydroxyl groups is 1. The SMILES string of the molecule is C[C@@]12Oc3c(O)cc(OCCCc4ccccc4)c4c3[C@@]13CCN(CC1CCC1)[C@H](C4)[C@@H]3CCC2=O. The molecule has 3 aliphatic carbocycles. The number of ketones is 1. The number of hydrogen-bond acceptors (Lipinski definition) is 5. The molecule has 2 aromatic rings. The highest BCUT2D eigenvalue weighted by Gasteiger charge is 2.72. The van der Waals surface area contributed by atoms with E-state index in [9.17, 15) is 9.90 Å². The molecule has 4 atom stereocenters. The van der Waals surface area contributed by atoms with Crippen molar-refractivity contribution in [3.63, 3.8) is 0 Å². The zero-order valence-electron chi connectivity index (χ0n) is 21.3. The van der Waals surface area contributed by atoms with E-state index in [4.69, 9.17) is 9.47 Å². The number of hydrogen-bond donors (Lipinski definition) is 1. The number of aryl methyl sites for hydroxylation is 1. The van der Waals surface area contributed by atoms with Gasteiger partial charge in [-0.05, 0) is 75.8 Å². The maximum absolute atomic E-state index is 13.4. The lowest BCUT2D eigenvalue weighted by atomic mass is 9.47. The Balaban J connectivity index is 1.24. The molecule has 36 heavy (non-hydrogen) atoms. The highest BCUT2D eigenvalue weighted by Crippen LogP contribution is 2.68. The minimum Gasteiger partial charge on any atom is -0.504 e. The lowest BCUT2D eigenvalue weighted by Gasteiger charge is -2.61. The van der Waals surface area contributed by atoms with Crippen LogP contribution in [0, 0.1) is 11.8 Å². The smallest absolute Gasteiger partial charge is 0.177 e. The van der Waals surface area contributed by atoms with E-state index in [1.807, 2.05) is 13.0 Å². The number of benzene rings is 2. The molecule has 0 aromatic heterocycles. The van der Waals surface area contributed by atoms with E-state index in [0.29, 0.717) is 30.7 Å². The molecule has 2 bridgehead atoms. The Morgan fingerprint density at radius 3 is 2.81 bits per heavy atom. The van der Waals surface area contributed by atoms with Crippen molar-refractivity contribution in [3.05, 3.63) is 53.1 Å². The summed E-state index contributed by atoms with van der Waals surface area (Å²) >= 11 is 0. The van der Waals surface area contributed by atoms with Crippen LogP contribution in [0.5, 0.6) is 17.2 Å². The average molecular weight is 488 g/mol. The summed E-state index contributed by atoms with van der Waals surface area (Å²) in [5.41, 5.74) is 2.35. The molecule has 5 heteroatoms. The molecule has 0 amide bonds. The molecule has 2 aliphatic heterocycles. The quantitative estimate of drug-likeness (QED) is 0.544. The fourth-order valence-electron chi connectivity index (χ4n) is 8.35. The normalized spacial score (nSPS) is 32.5. The van der Waals surface area contributed by atoms with Crippen LogP contribution in [0.2, 0.25) is 0 Å². The molecule has 5 nitrogen and oxygen atoms in total. The van der Waals surface area contributed by atoms with E-state index in [2.05, 4.69) is 29.2 Å². The summed E-state index contributed by atoms with van der Waals surface area (Å²) in [5, 5.41) is 11.1. The largest absolute Gasteiger partial charge is 0.504 e. The second-order valence-corrected chi connectivity index (χ2v) is 12.0. The van der Waals surface area contributed by atoms with Crippen LogP contribution in [-0.2, 0) is 23.1 Å². The zero-order valence-corrected chi connectivity index (χ0v) is 21.3. The monoisotopic (exact) mass is 487 g/mol. The zero-order chi connectivity index (χ0) is 24.5. The number of likely N-dealkylation sites (tertiary alicyclic amines) is 1. The predicted molar refractivity (Wildman–Crippen MR) is 138 cm³/mol. The Morgan fingerprint density at radius 2 is 2.03 bits per heavy atom. The standard InChI is InChI=1S/C31H37NO4/c1-30-27(34)13-12-23-24-17-22-26(35-16-6-11-20-7-3-2-4-8-20)18-25(33)29(36-30)28(22)31(23,30)14-15-32(24)19-21-9-5-10-21/h2-4,7-8,18,21,23-24,33H,5-6,9-17,19H2,1H3/t23-,24+,30-,31-/m0/s1. The number of piperidine rings is 1. The van der Waals surface area contributed by atoms with Crippen molar-refractivity contribution < 1.29 is 19.4 Å². The molecule has 2 aromatic carbocycles. The highest BCUT2D eigenvalue weighted by molar-refractivity contribution is 5.93. The molecule has 2 heterocycles. The van der Waals surface area contributed by atoms with Gasteiger partial charge in [-0.15, -0.1) is 0 Å². The molecule has 3 fully saturated rings. The Morgan fingerprint density at radius 1 is 1.19 bits per heavy atom. The highest BCUT2D eigenvalue weighted by atomic mass is 16.5.